The lowest BCUT2D eigenvalue weighted by atomic mass is 10.1. The molecular weight excluding hydrogens is 349 g/mol. The molecule has 0 aliphatic heterocycles. The smallest absolute Gasteiger partial charge is 0.387 e. The van der Waals surface area contributed by atoms with Crippen LogP contribution in [0.2, 0.25) is 0 Å². The number of rotatable bonds is 6. The number of nitrogens with one attached hydrogen (secondary N) is 1. The Morgan fingerprint density at radius 1 is 1.19 bits per heavy atom. The Balaban J connectivity index is 2.23. The summed E-state index contributed by atoms with van der Waals surface area (Å²) in [6.07, 6.45) is 1.26. The molecule has 0 aliphatic carbocycles. The first-order chi connectivity index (χ1) is 12.4. The predicted octanol–water partition coefficient (Wildman–Crippen LogP) is 3.98. The maximum Gasteiger partial charge on any atom is 0.387 e. The molecule has 0 heterocycles. The molecule has 0 atom stereocenters. The van der Waals surface area contributed by atoms with E-state index >= 15 is 0 Å². The minimum Gasteiger partial charge on any atom is -0.493 e. The van der Waals surface area contributed by atoms with Gasteiger partial charge in [-0.25, -0.2) is 4.39 Å². The number of anilines is 1. The van der Waals surface area contributed by atoms with E-state index in [0.717, 1.165) is 12.1 Å². The van der Waals surface area contributed by atoms with Gasteiger partial charge in [0, 0.05) is 5.69 Å². The summed E-state index contributed by atoms with van der Waals surface area (Å²) in [4.78, 5) is 12.1. The first-order valence-electron chi connectivity index (χ1n) is 7.24. The van der Waals surface area contributed by atoms with Gasteiger partial charge < -0.3 is 14.8 Å². The van der Waals surface area contributed by atoms with E-state index in [1.54, 1.807) is 6.07 Å². The van der Waals surface area contributed by atoms with Crippen LogP contribution in [0.3, 0.4) is 0 Å². The fraction of sp³-hybridized carbons (Fsp3) is 0.111. The average Bonchev–Trinajstić information content (AvgIpc) is 2.62. The van der Waals surface area contributed by atoms with Crippen molar-refractivity contribution in [3.05, 3.63) is 59.4 Å². The van der Waals surface area contributed by atoms with Gasteiger partial charge in [0.2, 0.25) is 0 Å². The van der Waals surface area contributed by atoms with Crippen molar-refractivity contribution in [3.8, 4) is 17.6 Å². The molecule has 0 aromatic heterocycles. The summed E-state index contributed by atoms with van der Waals surface area (Å²) in [5.41, 5.74) is 0.448. The molecule has 0 saturated heterocycles. The third-order valence-corrected chi connectivity index (χ3v) is 3.18. The maximum atomic E-state index is 12.9. The molecule has 0 fully saturated rings. The Morgan fingerprint density at radius 2 is 1.88 bits per heavy atom. The van der Waals surface area contributed by atoms with Gasteiger partial charge in [0.15, 0.2) is 11.5 Å². The summed E-state index contributed by atoms with van der Waals surface area (Å²) < 4.78 is 46.8. The van der Waals surface area contributed by atoms with Crippen LogP contribution in [0.5, 0.6) is 11.5 Å². The summed E-state index contributed by atoms with van der Waals surface area (Å²) in [6.45, 7) is -3.01. The van der Waals surface area contributed by atoms with Crippen molar-refractivity contribution in [2.45, 2.75) is 6.61 Å². The molecule has 0 unspecified atom stereocenters. The summed E-state index contributed by atoms with van der Waals surface area (Å²) in [7, 11) is 1.27. The van der Waals surface area contributed by atoms with Gasteiger partial charge in [-0.15, -0.1) is 0 Å². The van der Waals surface area contributed by atoms with Crippen LogP contribution in [-0.4, -0.2) is 19.6 Å². The highest BCUT2D eigenvalue weighted by Gasteiger charge is 2.13. The van der Waals surface area contributed by atoms with Crippen molar-refractivity contribution in [1.82, 2.24) is 0 Å². The summed E-state index contributed by atoms with van der Waals surface area (Å²) >= 11 is 0. The second kappa shape index (κ2) is 8.58. The quantitative estimate of drug-likeness (QED) is 0.623. The Labute approximate surface area is 147 Å². The van der Waals surface area contributed by atoms with Crippen molar-refractivity contribution in [2.75, 3.05) is 12.4 Å². The van der Waals surface area contributed by atoms with E-state index in [2.05, 4.69) is 10.1 Å². The Bertz CT molecular complexity index is 859. The zero-order valence-corrected chi connectivity index (χ0v) is 13.5. The Morgan fingerprint density at radius 3 is 2.46 bits per heavy atom. The van der Waals surface area contributed by atoms with Crippen LogP contribution < -0.4 is 14.8 Å². The molecule has 2 aromatic rings. The van der Waals surface area contributed by atoms with E-state index in [9.17, 15) is 23.2 Å². The van der Waals surface area contributed by atoms with Gasteiger partial charge in [-0.05, 0) is 48.0 Å². The zero-order chi connectivity index (χ0) is 19.1. The van der Waals surface area contributed by atoms with E-state index in [-0.39, 0.29) is 17.1 Å². The molecule has 0 bridgehead atoms. The van der Waals surface area contributed by atoms with Crippen LogP contribution in [-0.2, 0) is 4.79 Å². The lowest BCUT2D eigenvalue weighted by Crippen LogP contribution is -2.13. The summed E-state index contributed by atoms with van der Waals surface area (Å²) in [5.74, 6) is -1.31. The number of nitrogens with zero attached hydrogens (tertiary/aromatic N) is 1. The van der Waals surface area contributed by atoms with Crippen LogP contribution in [0.25, 0.3) is 6.08 Å². The SMILES string of the molecule is COc1cc(C=C(C#N)C(=O)Nc2ccc(F)cc2)ccc1OC(F)F. The molecule has 1 N–H and O–H groups in total. The van der Waals surface area contributed by atoms with Gasteiger partial charge in [0.25, 0.3) is 5.91 Å². The minimum absolute atomic E-state index is 0.0234. The fourth-order valence-electron chi connectivity index (χ4n) is 2.01. The molecule has 0 spiro atoms. The molecule has 134 valence electrons. The third kappa shape index (κ3) is 5.01. The maximum absolute atomic E-state index is 12.9. The van der Waals surface area contributed by atoms with Crippen molar-refractivity contribution < 1.29 is 27.4 Å². The lowest BCUT2D eigenvalue weighted by molar-refractivity contribution is -0.112. The average molecular weight is 362 g/mol. The van der Waals surface area contributed by atoms with Crippen LogP contribution in [0, 0.1) is 17.1 Å². The molecule has 2 aromatic carbocycles. The van der Waals surface area contributed by atoms with Crippen LogP contribution in [0.1, 0.15) is 5.56 Å². The Kier molecular flexibility index (Phi) is 6.22. The standard InChI is InChI=1S/C18H13F3N2O3/c1-25-16-9-11(2-7-15(16)26-18(20)21)8-12(10-22)17(24)23-14-5-3-13(19)4-6-14/h2-9,18H,1H3,(H,23,24). The molecule has 0 saturated carbocycles. The van der Waals surface area contributed by atoms with Gasteiger partial charge >= 0.3 is 6.61 Å². The molecule has 0 radical (unpaired) electrons. The molecule has 5 nitrogen and oxygen atoms in total. The molecule has 0 aliphatic rings. The van der Waals surface area contributed by atoms with Crippen LogP contribution in [0.15, 0.2) is 48.0 Å². The van der Waals surface area contributed by atoms with Gasteiger partial charge in [0.1, 0.15) is 17.5 Å². The highest BCUT2D eigenvalue weighted by Crippen LogP contribution is 2.30. The molecular formula is C18H13F3N2O3. The predicted molar refractivity (Wildman–Crippen MR) is 88.2 cm³/mol. The van der Waals surface area contributed by atoms with E-state index < -0.39 is 18.3 Å². The highest BCUT2D eigenvalue weighted by molar-refractivity contribution is 6.09. The number of alkyl halides is 2. The number of nitriles is 1. The van der Waals surface area contributed by atoms with Crippen molar-refractivity contribution in [1.29, 1.82) is 5.26 Å². The number of carbonyl (C=O) groups is 1. The number of halogens is 3. The summed E-state index contributed by atoms with van der Waals surface area (Å²) in [5, 5.41) is 11.6. The largest absolute Gasteiger partial charge is 0.493 e. The number of hydrogen-bond donors (Lipinski definition) is 1. The van der Waals surface area contributed by atoms with Crippen molar-refractivity contribution in [3.63, 3.8) is 0 Å². The molecule has 2 rings (SSSR count). The number of hydrogen-bond acceptors (Lipinski definition) is 4. The molecule has 1 amide bonds. The fourth-order valence-corrected chi connectivity index (χ4v) is 2.01. The lowest BCUT2D eigenvalue weighted by Gasteiger charge is -2.10. The molecule has 26 heavy (non-hydrogen) atoms. The topological polar surface area (TPSA) is 71.3 Å². The van der Waals surface area contributed by atoms with E-state index in [0.29, 0.717) is 11.3 Å². The van der Waals surface area contributed by atoms with E-state index in [1.165, 1.54) is 43.5 Å². The number of carbonyl (C=O) groups excluding carboxylic acids is 1. The zero-order valence-electron chi connectivity index (χ0n) is 13.5. The van der Waals surface area contributed by atoms with Gasteiger partial charge in [-0.1, -0.05) is 6.07 Å². The Hall–Kier alpha value is -3.47. The van der Waals surface area contributed by atoms with Crippen LogP contribution in [0.4, 0.5) is 18.9 Å². The monoisotopic (exact) mass is 362 g/mol. The first-order valence-corrected chi connectivity index (χ1v) is 7.24. The number of amides is 1. The van der Waals surface area contributed by atoms with Crippen LogP contribution >= 0.6 is 0 Å². The second-order valence-electron chi connectivity index (χ2n) is 4.92. The number of benzene rings is 2. The van der Waals surface area contributed by atoms with Gasteiger partial charge in [-0.3, -0.25) is 4.79 Å². The van der Waals surface area contributed by atoms with Crippen molar-refractivity contribution in [2.24, 2.45) is 0 Å². The number of ether oxygens (including phenoxy) is 2. The second-order valence-corrected chi connectivity index (χ2v) is 4.92. The van der Waals surface area contributed by atoms with Gasteiger partial charge in [-0.2, -0.15) is 14.0 Å². The molecule has 8 heteroatoms. The van der Waals surface area contributed by atoms with Crippen molar-refractivity contribution >= 4 is 17.7 Å². The normalized spacial score (nSPS) is 11.0. The van der Waals surface area contributed by atoms with E-state index in [4.69, 9.17) is 4.74 Å². The first kappa shape index (κ1) is 18.9. The minimum atomic E-state index is -3.01. The third-order valence-electron chi connectivity index (χ3n) is 3.18. The van der Waals surface area contributed by atoms with E-state index in [1.807, 2.05) is 0 Å². The highest BCUT2D eigenvalue weighted by atomic mass is 19.3. The number of methoxy groups -OCH3 is 1. The van der Waals surface area contributed by atoms with Gasteiger partial charge in [0.05, 0.1) is 7.11 Å². The summed E-state index contributed by atoms with van der Waals surface area (Å²) in [6, 6.07) is 10.8.